The molecule has 3 heterocycles. The number of carbonyl (C=O) groups is 2. The lowest BCUT2D eigenvalue weighted by molar-refractivity contribution is -0.130. The largest absolute Gasteiger partial charge is 0.369 e. The predicted molar refractivity (Wildman–Crippen MR) is 89.6 cm³/mol. The second kappa shape index (κ2) is 6.70. The summed E-state index contributed by atoms with van der Waals surface area (Å²) < 4.78 is 6.99. The van der Waals surface area contributed by atoms with Crippen LogP contribution in [-0.4, -0.2) is 44.7 Å². The van der Waals surface area contributed by atoms with Crippen LogP contribution >= 0.6 is 0 Å². The van der Waals surface area contributed by atoms with Gasteiger partial charge in [0.05, 0.1) is 11.6 Å². The van der Waals surface area contributed by atoms with E-state index in [-0.39, 0.29) is 17.5 Å². The van der Waals surface area contributed by atoms with Crippen molar-refractivity contribution in [1.82, 2.24) is 19.8 Å². The van der Waals surface area contributed by atoms with E-state index in [1.54, 1.807) is 21.8 Å². The van der Waals surface area contributed by atoms with E-state index in [4.69, 9.17) is 10.3 Å². The van der Waals surface area contributed by atoms with Crippen molar-refractivity contribution >= 4 is 11.8 Å². The quantitative estimate of drug-likeness (QED) is 0.880. The van der Waals surface area contributed by atoms with Gasteiger partial charge in [-0.15, -0.1) is 0 Å². The fraction of sp³-hybridized carbons (Fsp3) is 0.529. The zero-order valence-corrected chi connectivity index (χ0v) is 14.6. The van der Waals surface area contributed by atoms with Crippen LogP contribution in [0.3, 0.4) is 0 Å². The molecule has 2 aromatic rings. The van der Waals surface area contributed by atoms with Gasteiger partial charge < -0.3 is 15.2 Å². The van der Waals surface area contributed by atoms with Crippen molar-refractivity contribution in [1.29, 1.82) is 0 Å². The third-order valence-corrected chi connectivity index (χ3v) is 4.92. The average Bonchev–Trinajstić information content (AvgIpc) is 3.23. The van der Waals surface area contributed by atoms with Crippen LogP contribution in [0.1, 0.15) is 48.0 Å². The van der Waals surface area contributed by atoms with Gasteiger partial charge >= 0.3 is 0 Å². The molecule has 2 amide bonds. The smallest absolute Gasteiger partial charge is 0.276 e. The second-order valence-electron chi connectivity index (χ2n) is 6.72. The van der Waals surface area contributed by atoms with Crippen LogP contribution in [0.25, 0.3) is 0 Å². The zero-order chi connectivity index (χ0) is 18.0. The van der Waals surface area contributed by atoms with Gasteiger partial charge in [-0.05, 0) is 31.7 Å². The number of hydrogen-bond acceptors (Lipinski definition) is 5. The second-order valence-corrected chi connectivity index (χ2v) is 6.72. The van der Waals surface area contributed by atoms with Gasteiger partial charge in [0.1, 0.15) is 6.54 Å². The predicted octanol–water partition coefficient (Wildman–Crippen LogP) is 1.35. The molecule has 0 aromatic carbocycles. The summed E-state index contributed by atoms with van der Waals surface area (Å²) in [5, 5.41) is 8.08. The number of hydrogen-bond donors (Lipinski definition) is 1. The summed E-state index contributed by atoms with van der Waals surface area (Å²) in [5.74, 6) is -0.0204. The van der Waals surface area contributed by atoms with Gasteiger partial charge in [0, 0.05) is 25.4 Å². The molecule has 2 aromatic heterocycles. The minimum atomic E-state index is -0.646. The topological polar surface area (TPSA) is 107 Å². The maximum atomic E-state index is 12.7. The number of primary amides is 1. The standard InChI is InChI=1S/C17H23N5O3/c1-3-17(16(18)24)5-4-6-21(11-17)15(23)14-7-13(25-20-14)10-22-9-12(2)8-19-22/h7-9H,3-6,10-11H2,1-2H3,(H2,18,24). The molecule has 25 heavy (non-hydrogen) atoms. The number of aromatic nitrogens is 3. The first-order valence-electron chi connectivity index (χ1n) is 8.47. The Kier molecular flexibility index (Phi) is 4.61. The molecule has 2 N–H and O–H groups in total. The highest BCUT2D eigenvalue weighted by molar-refractivity contribution is 5.93. The lowest BCUT2D eigenvalue weighted by atomic mass is 9.77. The van der Waals surface area contributed by atoms with Crippen LogP contribution in [0.4, 0.5) is 0 Å². The number of nitrogens with two attached hydrogens (primary N) is 1. The Morgan fingerprint density at radius 2 is 2.24 bits per heavy atom. The molecule has 0 spiro atoms. The van der Waals surface area contributed by atoms with E-state index in [0.717, 1.165) is 12.0 Å². The molecule has 134 valence electrons. The van der Waals surface area contributed by atoms with Crippen LogP contribution in [0.5, 0.6) is 0 Å². The van der Waals surface area contributed by atoms with Crippen LogP contribution in [0.15, 0.2) is 23.0 Å². The Morgan fingerprint density at radius 1 is 1.44 bits per heavy atom. The Balaban J connectivity index is 1.71. The van der Waals surface area contributed by atoms with Crippen LogP contribution in [0, 0.1) is 12.3 Å². The zero-order valence-electron chi connectivity index (χ0n) is 14.6. The Labute approximate surface area is 145 Å². The number of piperidine rings is 1. The van der Waals surface area contributed by atoms with Gasteiger partial charge in [-0.2, -0.15) is 5.10 Å². The minimum absolute atomic E-state index is 0.231. The van der Waals surface area contributed by atoms with E-state index in [2.05, 4.69) is 10.3 Å². The molecule has 1 saturated heterocycles. The summed E-state index contributed by atoms with van der Waals surface area (Å²) in [6, 6.07) is 1.63. The van der Waals surface area contributed by atoms with Gasteiger partial charge in [-0.1, -0.05) is 12.1 Å². The molecule has 3 rings (SSSR count). The van der Waals surface area contributed by atoms with Gasteiger partial charge in [-0.25, -0.2) is 0 Å². The van der Waals surface area contributed by atoms with E-state index in [1.807, 2.05) is 20.0 Å². The van der Waals surface area contributed by atoms with Crippen molar-refractivity contribution in [3.63, 3.8) is 0 Å². The number of carbonyl (C=O) groups excluding carboxylic acids is 2. The van der Waals surface area contributed by atoms with Crippen LogP contribution in [-0.2, 0) is 11.3 Å². The first kappa shape index (κ1) is 17.2. The number of amides is 2. The fourth-order valence-corrected chi connectivity index (χ4v) is 3.33. The Hall–Kier alpha value is -2.64. The summed E-state index contributed by atoms with van der Waals surface area (Å²) in [6.45, 7) is 5.22. The van der Waals surface area contributed by atoms with E-state index in [0.29, 0.717) is 38.2 Å². The van der Waals surface area contributed by atoms with E-state index in [9.17, 15) is 9.59 Å². The molecule has 0 saturated carbocycles. The molecule has 1 atom stereocenters. The Bertz CT molecular complexity index is 781. The van der Waals surface area contributed by atoms with E-state index >= 15 is 0 Å². The molecule has 0 aliphatic carbocycles. The monoisotopic (exact) mass is 345 g/mol. The molecular weight excluding hydrogens is 322 g/mol. The van der Waals surface area contributed by atoms with Crippen molar-refractivity contribution in [2.45, 2.75) is 39.7 Å². The van der Waals surface area contributed by atoms with Crippen molar-refractivity contribution in [2.24, 2.45) is 11.1 Å². The Morgan fingerprint density at radius 3 is 2.88 bits per heavy atom. The van der Waals surface area contributed by atoms with Crippen LogP contribution < -0.4 is 5.73 Å². The summed E-state index contributed by atoms with van der Waals surface area (Å²) in [5.41, 5.74) is 6.23. The molecule has 0 radical (unpaired) electrons. The third kappa shape index (κ3) is 3.42. The van der Waals surface area contributed by atoms with Crippen molar-refractivity contribution in [2.75, 3.05) is 13.1 Å². The fourth-order valence-electron chi connectivity index (χ4n) is 3.33. The summed E-state index contributed by atoms with van der Waals surface area (Å²) in [6.07, 6.45) is 5.72. The highest BCUT2D eigenvalue weighted by Gasteiger charge is 2.41. The number of aryl methyl sites for hydroxylation is 1. The minimum Gasteiger partial charge on any atom is -0.369 e. The molecule has 1 aliphatic heterocycles. The number of likely N-dealkylation sites (tertiary alicyclic amines) is 1. The van der Waals surface area contributed by atoms with Crippen molar-refractivity contribution in [3.05, 3.63) is 35.5 Å². The number of rotatable bonds is 5. The first-order chi connectivity index (χ1) is 11.9. The average molecular weight is 345 g/mol. The van der Waals surface area contributed by atoms with Gasteiger partial charge in [0.2, 0.25) is 5.91 Å². The first-order valence-corrected chi connectivity index (χ1v) is 8.47. The van der Waals surface area contributed by atoms with Crippen molar-refractivity contribution in [3.8, 4) is 0 Å². The maximum absolute atomic E-state index is 12.7. The van der Waals surface area contributed by atoms with Crippen LogP contribution in [0.2, 0.25) is 0 Å². The maximum Gasteiger partial charge on any atom is 0.276 e. The molecule has 8 heteroatoms. The van der Waals surface area contributed by atoms with Crippen molar-refractivity contribution < 1.29 is 14.1 Å². The molecular formula is C17H23N5O3. The normalized spacial score (nSPS) is 20.6. The SMILES string of the molecule is CCC1(C(N)=O)CCCN(C(=O)c2cc(Cn3cc(C)cn3)on2)C1. The highest BCUT2D eigenvalue weighted by atomic mass is 16.5. The summed E-state index contributed by atoms with van der Waals surface area (Å²) in [4.78, 5) is 26.2. The third-order valence-electron chi connectivity index (χ3n) is 4.92. The highest BCUT2D eigenvalue weighted by Crippen LogP contribution is 2.33. The molecule has 1 aliphatic rings. The lowest BCUT2D eigenvalue weighted by Gasteiger charge is -2.39. The lowest BCUT2D eigenvalue weighted by Crippen LogP contribution is -2.51. The molecule has 1 fully saturated rings. The van der Waals surface area contributed by atoms with E-state index in [1.165, 1.54) is 0 Å². The van der Waals surface area contributed by atoms with E-state index < -0.39 is 5.41 Å². The van der Waals surface area contributed by atoms with Gasteiger partial charge in [0.25, 0.3) is 5.91 Å². The molecule has 8 nitrogen and oxygen atoms in total. The van der Waals surface area contributed by atoms with Gasteiger partial charge in [0.15, 0.2) is 11.5 Å². The van der Waals surface area contributed by atoms with Gasteiger partial charge in [-0.3, -0.25) is 14.3 Å². The molecule has 1 unspecified atom stereocenters. The molecule has 0 bridgehead atoms. The number of nitrogens with zero attached hydrogens (tertiary/aromatic N) is 4. The summed E-state index contributed by atoms with van der Waals surface area (Å²) >= 11 is 0. The summed E-state index contributed by atoms with van der Waals surface area (Å²) in [7, 11) is 0.